The van der Waals surface area contributed by atoms with E-state index >= 15 is 0 Å². The van der Waals surface area contributed by atoms with Gasteiger partial charge < -0.3 is 19.6 Å². The second-order valence-corrected chi connectivity index (χ2v) is 5.77. The number of rotatable bonds is 8. The Hall–Kier alpha value is -1.24. The summed E-state index contributed by atoms with van der Waals surface area (Å²) in [6.45, 7) is 1.95. The number of ether oxygens (including phenoxy) is 1. The molecule has 1 fully saturated rings. The van der Waals surface area contributed by atoms with Gasteiger partial charge in [-0.2, -0.15) is 8.78 Å². The standard InChI is InChI=1S/C16H24F2N2O2/c1-19(10-11-20-8-2-3-9-20)12-15(21)13-4-6-14(7-5-13)22-16(17)18/h4-7,15-16,21H,2-3,8-12H2,1H3. The number of likely N-dealkylation sites (N-methyl/N-ethyl adjacent to an activating group) is 1. The highest BCUT2D eigenvalue weighted by Crippen LogP contribution is 2.20. The Morgan fingerprint density at radius 2 is 1.86 bits per heavy atom. The summed E-state index contributed by atoms with van der Waals surface area (Å²) in [5.74, 6) is 0.105. The van der Waals surface area contributed by atoms with E-state index in [1.54, 1.807) is 12.1 Å². The monoisotopic (exact) mass is 314 g/mol. The maximum absolute atomic E-state index is 12.1. The number of alkyl halides is 2. The van der Waals surface area contributed by atoms with E-state index in [1.807, 2.05) is 7.05 Å². The van der Waals surface area contributed by atoms with Crippen LogP contribution in [-0.2, 0) is 0 Å². The number of hydrogen-bond acceptors (Lipinski definition) is 4. The second kappa shape index (κ2) is 8.41. The third-order valence-corrected chi connectivity index (χ3v) is 3.97. The van der Waals surface area contributed by atoms with E-state index in [1.165, 1.54) is 38.1 Å². The zero-order valence-electron chi connectivity index (χ0n) is 12.9. The van der Waals surface area contributed by atoms with Crippen molar-refractivity contribution in [2.45, 2.75) is 25.6 Å². The molecule has 124 valence electrons. The van der Waals surface area contributed by atoms with Gasteiger partial charge in [0, 0.05) is 19.6 Å². The van der Waals surface area contributed by atoms with E-state index in [4.69, 9.17) is 0 Å². The first-order chi connectivity index (χ1) is 10.5. The fourth-order valence-corrected chi connectivity index (χ4v) is 2.68. The molecule has 1 aromatic carbocycles. The van der Waals surface area contributed by atoms with Crippen LogP contribution in [0.3, 0.4) is 0 Å². The smallest absolute Gasteiger partial charge is 0.387 e. The van der Waals surface area contributed by atoms with Gasteiger partial charge in [-0.05, 0) is 50.7 Å². The number of nitrogens with zero attached hydrogens (tertiary/aromatic N) is 2. The zero-order valence-corrected chi connectivity index (χ0v) is 12.9. The van der Waals surface area contributed by atoms with Crippen molar-refractivity contribution in [2.75, 3.05) is 39.8 Å². The van der Waals surface area contributed by atoms with Crippen molar-refractivity contribution in [3.63, 3.8) is 0 Å². The summed E-state index contributed by atoms with van der Waals surface area (Å²) < 4.78 is 28.5. The highest BCUT2D eigenvalue weighted by molar-refractivity contribution is 5.28. The summed E-state index contributed by atoms with van der Waals surface area (Å²) in [5, 5.41) is 10.2. The molecule has 1 aromatic rings. The van der Waals surface area contributed by atoms with E-state index in [2.05, 4.69) is 14.5 Å². The summed E-state index contributed by atoms with van der Waals surface area (Å²) in [6.07, 6.45) is 1.92. The fourth-order valence-electron chi connectivity index (χ4n) is 2.68. The van der Waals surface area contributed by atoms with Gasteiger partial charge in [0.25, 0.3) is 0 Å². The largest absolute Gasteiger partial charge is 0.435 e. The lowest BCUT2D eigenvalue weighted by atomic mass is 10.1. The summed E-state index contributed by atoms with van der Waals surface area (Å²) in [5.41, 5.74) is 0.703. The molecule has 22 heavy (non-hydrogen) atoms. The van der Waals surface area contributed by atoms with Crippen molar-refractivity contribution < 1.29 is 18.6 Å². The Bertz CT molecular complexity index is 436. The van der Waals surface area contributed by atoms with Crippen LogP contribution in [0.2, 0.25) is 0 Å². The van der Waals surface area contributed by atoms with Crippen molar-refractivity contribution in [3.8, 4) is 5.75 Å². The van der Waals surface area contributed by atoms with E-state index in [0.29, 0.717) is 12.1 Å². The average molecular weight is 314 g/mol. The first-order valence-corrected chi connectivity index (χ1v) is 7.68. The molecule has 1 aliphatic rings. The van der Waals surface area contributed by atoms with Crippen molar-refractivity contribution >= 4 is 0 Å². The number of aliphatic hydroxyl groups is 1. The van der Waals surface area contributed by atoms with Crippen LogP contribution in [0.5, 0.6) is 5.75 Å². The normalized spacial score (nSPS) is 17.4. The molecular weight excluding hydrogens is 290 g/mol. The quantitative estimate of drug-likeness (QED) is 0.799. The Morgan fingerprint density at radius 3 is 2.45 bits per heavy atom. The van der Waals surface area contributed by atoms with Crippen LogP contribution in [0, 0.1) is 0 Å². The first kappa shape index (κ1) is 17.1. The highest BCUT2D eigenvalue weighted by Gasteiger charge is 2.14. The van der Waals surface area contributed by atoms with Crippen LogP contribution in [0.1, 0.15) is 24.5 Å². The van der Waals surface area contributed by atoms with E-state index in [-0.39, 0.29) is 5.75 Å². The van der Waals surface area contributed by atoms with Crippen molar-refractivity contribution in [1.82, 2.24) is 9.80 Å². The van der Waals surface area contributed by atoms with Crippen LogP contribution in [0.15, 0.2) is 24.3 Å². The molecule has 1 heterocycles. The Kier molecular flexibility index (Phi) is 6.54. The van der Waals surface area contributed by atoms with Crippen LogP contribution in [0.25, 0.3) is 0 Å². The molecular formula is C16H24F2N2O2. The topological polar surface area (TPSA) is 35.9 Å². The van der Waals surface area contributed by atoms with E-state index in [9.17, 15) is 13.9 Å². The lowest BCUT2D eigenvalue weighted by molar-refractivity contribution is -0.0498. The minimum Gasteiger partial charge on any atom is -0.435 e. The minimum atomic E-state index is -2.83. The van der Waals surface area contributed by atoms with E-state index < -0.39 is 12.7 Å². The SMILES string of the molecule is CN(CCN1CCCC1)CC(O)c1ccc(OC(F)F)cc1. The highest BCUT2D eigenvalue weighted by atomic mass is 19.3. The van der Waals surface area contributed by atoms with Gasteiger partial charge in [0.15, 0.2) is 0 Å². The van der Waals surface area contributed by atoms with Gasteiger partial charge in [-0.1, -0.05) is 12.1 Å². The molecule has 0 radical (unpaired) electrons. The van der Waals surface area contributed by atoms with Gasteiger partial charge >= 0.3 is 6.61 Å². The number of aliphatic hydroxyl groups excluding tert-OH is 1. The molecule has 0 aromatic heterocycles. The predicted molar refractivity (Wildman–Crippen MR) is 81.2 cm³/mol. The maximum Gasteiger partial charge on any atom is 0.387 e. The molecule has 1 N–H and O–H groups in total. The molecule has 0 saturated carbocycles. The van der Waals surface area contributed by atoms with Crippen molar-refractivity contribution in [3.05, 3.63) is 29.8 Å². The first-order valence-electron chi connectivity index (χ1n) is 7.68. The van der Waals surface area contributed by atoms with Gasteiger partial charge in [-0.25, -0.2) is 0 Å². The van der Waals surface area contributed by atoms with Gasteiger partial charge in [-0.3, -0.25) is 0 Å². The minimum absolute atomic E-state index is 0.105. The van der Waals surface area contributed by atoms with Crippen molar-refractivity contribution in [2.24, 2.45) is 0 Å². The van der Waals surface area contributed by atoms with Gasteiger partial charge in [0.1, 0.15) is 5.75 Å². The van der Waals surface area contributed by atoms with Gasteiger partial charge in [-0.15, -0.1) is 0 Å². The Labute approximate surface area is 130 Å². The van der Waals surface area contributed by atoms with Crippen LogP contribution < -0.4 is 4.74 Å². The lowest BCUT2D eigenvalue weighted by Gasteiger charge is -2.23. The van der Waals surface area contributed by atoms with Gasteiger partial charge in [0.05, 0.1) is 6.10 Å². The Balaban J connectivity index is 1.76. The number of hydrogen-bond donors (Lipinski definition) is 1. The third-order valence-electron chi connectivity index (χ3n) is 3.97. The molecule has 0 bridgehead atoms. The summed E-state index contributed by atoms with van der Waals surface area (Å²) in [4.78, 5) is 4.52. The van der Waals surface area contributed by atoms with Crippen LogP contribution in [-0.4, -0.2) is 61.3 Å². The second-order valence-electron chi connectivity index (χ2n) is 5.77. The summed E-state index contributed by atoms with van der Waals surface area (Å²) in [6, 6.07) is 6.15. The third kappa shape index (κ3) is 5.51. The molecule has 0 aliphatic carbocycles. The Morgan fingerprint density at radius 1 is 1.23 bits per heavy atom. The molecule has 1 atom stereocenters. The predicted octanol–water partition coefficient (Wildman–Crippen LogP) is 2.35. The molecule has 1 saturated heterocycles. The average Bonchev–Trinajstić information content (AvgIpc) is 2.98. The summed E-state index contributed by atoms with van der Waals surface area (Å²) in [7, 11) is 1.98. The maximum atomic E-state index is 12.1. The summed E-state index contributed by atoms with van der Waals surface area (Å²) >= 11 is 0. The van der Waals surface area contributed by atoms with Crippen LogP contribution >= 0.6 is 0 Å². The van der Waals surface area contributed by atoms with Crippen molar-refractivity contribution in [1.29, 1.82) is 0 Å². The molecule has 6 heteroatoms. The lowest BCUT2D eigenvalue weighted by Crippen LogP contribution is -2.33. The molecule has 4 nitrogen and oxygen atoms in total. The fraction of sp³-hybridized carbons (Fsp3) is 0.625. The zero-order chi connectivity index (χ0) is 15.9. The van der Waals surface area contributed by atoms with Crippen LogP contribution in [0.4, 0.5) is 8.78 Å². The number of likely N-dealkylation sites (tertiary alicyclic amines) is 1. The molecule has 2 rings (SSSR count). The number of halogens is 2. The van der Waals surface area contributed by atoms with Gasteiger partial charge in [0.2, 0.25) is 0 Å². The molecule has 0 amide bonds. The number of benzene rings is 1. The molecule has 0 spiro atoms. The molecule has 1 aliphatic heterocycles. The molecule has 1 unspecified atom stereocenters. The van der Waals surface area contributed by atoms with E-state index in [0.717, 1.165) is 13.1 Å².